The molecule has 0 saturated carbocycles. The van der Waals surface area contributed by atoms with Gasteiger partial charge in [-0.25, -0.2) is 16.8 Å². The Morgan fingerprint density at radius 2 is 1.31 bits per heavy atom. The molecule has 0 aliphatic carbocycles. The number of fused-ring (bicyclic) bond motifs is 1. The maximum absolute atomic E-state index is 14.3. The van der Waals surface area contributed by atoms with E-state index in [4.69, 9.17) is 26.1 Å². The number of rotatable bonds is 5. The molecule has 0 heterocycles. The second-order valence-electron chi connectivity index (χ2n) is 5.97. The van der Waals surface area contributed by atoms with Gasteiger partial charge in [0.05, 0.1) is 14.7 Å². The Kier molecular flexibility index (Phi) is 6.01. The molecule has 3 aromatic carbocycles. The maximum atomic E-state index is 14.3. The molecule has 0 aromatic heterocycles. The van der Waals surface area contributed by atoms with Crippen LogP contribution in [-0.4, -0.2) is 21.8 Å². The predicted octanol–water partition coefficient (Wildman–Crippen LogP) is 4.95. The summed E-state index contributed by atoms with van der Waals surface area (Å²) < 4.78 is 108. The fourth-order valence-corrected chi connectivity index (χ4v) is 4.19. The van der Waals surface area contributed by atoms with E-state index >= 15 is 0 Å². The van der Waals surface area contributed by atoms with Crippen LogP contribution in [0.3, 0.4) is 0 Å². The minimum atomic E-state index is -4.53. The van der Waals surface area contributed by atoms with Gasteiger partial charge in [0.25, 0.3) is 18.1 Å². The van der Waals surface area contributed by atoms with Crippen molar-refractivity contribution in [3.63, 3.8) is 0 Å². The van der Waals surface area contributed by atoms with E-state index in [-0.39, 0.29) is 10.8 Å². The van der Waals surface area contributed by atoms with Crippen LogP contribution in [0.4, 0.5) is 23.2 Å². The van der Waals surface area contributed by atoms with E-state index in [1.54, 1.807) is 0 Å². The fraction of sp³-hybridized carbons (Fsp3) is 0. The molecule has 0 unspecified atom stereocenters. The van der Waals surface area contributed by atoms with Gasteiger partial charge in [-0.15, -0.1) is 0 Å². The van der Waals surface area contributed by atoms with Crippen molar-refractivity contribution in [1.29, 1.82) is 0 Å². The van der Waals surface area contributed by atoms with E-state index in [1.165, 1.54) is 0 Å². The molecule has 0 amide bonds. The third-order valence-corrected chi connectivity index (χ3v) is 6.70. The average Bonchev–Trinajstić information content (AvgIpc) is 2.67. The molecule has 0 aliphatic heterocycles. The maximum Gasteiger partial charge on any atom is 0.346 e. The molecule has 8 nitrogen and oxygen atoms in total. The Morgan fingerprint density at radius 1 is 0.812 bits per heavy atom. The Balaban J connectivity index is 2.34. The van der Waals surface area contributed by atoms with Crippen LogP contribution < -0.4 is 4.74 Å². The van der Waals surface area contributed by atoms with Gasteiger partial charge in [-0.05, 0) is 29.7 Å². The van der Waals surface area contributed by atoms with Crippen LogP contribution >= 0.6 is 21.4 Å². The highest BCUT2D eigenvalue weighted by molar-refractivity contribution is 8.14. The van der Waals surface area contributed by atoms with E-state index < -0.39 is 73.3 Å². The lowest BCUT2D eigenvalue weighted by atomic mass is 10.1. The van der Waals surface area contributed by atoms with Gasteiger partial charge in [0.2, 0.25) is 29.0 Å². The number of benzene rings is 3. The molecule has 0 aliphatic rings. The standard InChI is InChI=1S/C16H5Cl2F4NO7S2/c17-31(26,27)7-1-2-9-6(3-7)4-8(32(18,28)29)5-10(9)30-16-13(21)11(19)15(23(24)25)12(20)14(16)22/h1-5H. The highest BCUT2D eigenvalue weighted by Gasteiger charge is 2.34. The summed E-state index contributed by atoms with van der Waals surface area (Å²) in [5, 5.41) is 10.3. The summed E-state index contributed by atoms with van der Waals surface area (Å²) in [6.45, 7) is 0. The molecule has 0 atom stereocenters. The van der Waals surface area contributed by atoms with Crippen molar-refractivity contribution in [2.45, 2.75) is 9.79 Å². The largest absolute Gasteiger partial charge is 0.450 e. The number of ether oxygens (including phenoxy) is 1. The average molecular weight is 534 g/mol. The van der Waals surface area contributed by atoms with Gasteiger partial charge in [-0.2, -0.15) is 17.6 Å². The van der Waals surface area contributed by atoms with Gasteiger partial charge in [-0.3, -0.25) is 10.1 Å². The van der Waals surface area contributed by atoms with Gasteiger partial charge < -0.3 is 4.74 Å². The first-order valence-electron chi connectivity index (χ1n) is 7.78. The van der Waals surface area contributed by atoms with Crippen LogP contribution in [0.15, 0.2) is 40.1 Å². The molecule has 3 rings (SSSR count). The minimum absolute atomic E-state index is 0.184. The Labute approximate surface area is 184 Å². The van der Waals surface area contributed by atoms with E-state index in [9.17, 15) is 44.5 Å². The summed E-state index contributed by atoms with van der Waals surface area (Å²) in [7, 11) is 1.68. The molecule has 0 spiro atoms. The van der Waals surface area contributed by atoms with Gasteiger partial charge in [0, 0.05) is 32.8 Å². The molecule has 16 heteroatoms. The zero-order valence-corrected chi connectivity index (χ0v) is 17.9. The molecule has 170 valence electrons. The molecular weight excluding hydrogens is 529 g/mol. The molecule has 32 heavy (non-hydrogen) atoms. The van der Waals surface area contributed by atoms with E-state index in [1.807, 2.05) is 0 Å². The quantitative estimate of drug-likeness (QED) is 0.149. The topological polar surface area (TPSA) is 121 Å². The zero-order chi connectivity index (χ0) is 24.2. The van der Waals surface area contributed by atoms with Gasteiger partial charge in [-0.1, -0.05) is 0 Å². The van der Waals surface area contributed by atoms with Gasteiger partial charge >= 0.3 is 5.69 Å². The van der Waals surface area contributed by atoms with E-state index in [0.717, 1.165) is 24.3 Å². The summed E-state index contributed by atoms with van der Waals surface area (Å²) in [6, 6.07) is 4.31. The third kappa shape index (κ3) is 4.30. The Hall–Kier alpha value is -2.68. The number of nitrogens with zero attached hydrogens (tertiary/aromatic N) is 1. The third-order valence-electron chi connectivity index (χ3n) is 4.02. The van der Waals surface area contributed by atoms with Crippen molar-refractivity contribution in [3.05, 3.63) is 63.7 Å². The van der Waals surface area contributed by atoms with Crippen molar-refractivity contribution >= 4 is 55.9 Å². The number of halogens is 6. The number of hydrogen-bond acceptors (Lipinski definition) is 7. The summed E-state index contributed by atoms with van der Waals surface area (Å²) in [5.74, 6) is -11.8. The fourth-order valence-electron chi connectivity index (χ4n) is 2.62. The minimum Gasteiger partial charge on any atom is -0.450 e. The van der Waals surface area contributed by atoms with Crippen LogP contribution in [0.5, 0.6) is 11.5 Å². The molecule has 0 bridgehead atoms. The van der Waals surface area contributed by atoms with Crippen LogP contribution in [-0.2, 0) is 18.1 Å². The monoisotopic (exact) mass is 533 g/mol. The summed E-state index contributed by atoms with van der Waals surface area (Å²) in [6.07, 6.45) is 0. The van der Waals surface area contributed by atoms with Gasteiger partial charge in [0.1, 0.15) is 5.75 Å². The molecule has 0 fully saturated rings. The van der Waals surface area contributed by atoms with E-state index in [0.29, 0.717) is 6.07 Å². The van der Waals surface area contributed by atoms with Crippen molar-refractivity contribution < 1.29 is 44.1 Å². The lowest BCUT2D eigenvalue weighted by Gasteiger charge is -2.13. The van der Waals surface area contributed by atoms with Gasteiger partial charge in [0.15, 0.2) is 0 Å². The lowest BCUT2D eigenvalue weighted by Crippen LogP contribution is -2.06. The first-order valence-corrected chi connectivity index (χ1v) is 12.4. The normalized spacial score (nSPS) is 12.2. The van der Waals surface area contributed by atoms with Crippen molar-refractivity contribution in [3.8, 4) is 11.5 Å². The van der Waals surface area contributed by atoms with Crippen LogP contribution in [0.2, 0.25) is 0 Å². The highest BCUT2D eigenvalue weighted by Crippen LogP contribution is 2.40. The first-order chi connectivity index (χ1) is 14.6. The second kappa shape index (κ2) is 8.03. The van der Waals surface area contributed by atoms with Crippen LogP contribution in [0.1, 0.15) is 0 Å². The first kappa shape index (κ1) is 24.0. The lowest BCUT2D eigenvalue weighted by molar-refractivity contribution is -0.390. The van der Waals surface area contributed by atoms with Crippen molar-refractivity contribution in [2.75, 3.05) is 0 Å². The van der Waals surface area contributed by atoms with Crippen molar-refractivity contribution in [1.82, 2.24) is 0 Å². The Morgan fingerprint density at radius 3 is 1.78 bits per heavy atom. The molecule has 0 N–H and O–H groups in total. The predicted molar refractivity (Wildman–Crippen MR) is 103 cm³/mol. The molecule has 3 aromatic rings. The molecule has 0 radical (unpaired) electrons. The molecular formula is C16H5Cl2F4NO7S2. The summed E-state index contributed by atoms with van der Waals surface area (Å²) >= 11 is 0. The summed E-state index contributed by atoms with van der Waals surface area (Å²) in [4.78, 5) is 7.74. The SMILES string of the molecule is O=[N+]([O-])c1c(F)c(F)c(Oc2cc(S(=O)(=O)Cl)cc3cc(S(=O)(=O)Cl)ccc23)c(F)c1F. The van der Waals surface area contributed by atoms with Crippen molar-refractivity contribution in [2.24, 2.45) is 0 Å². The number of nitro benzene ring substituents is 1. The molecule has 0 saturated heterocycles. The Bertz CT molecular complexity index is 1500. The summed E-state index contributed by atoms with van der Waals surface area (Å²) in [5.41, 5.74) is -2.11. The zero-order valence-electron chi connectivity index (χ0n) is 14.8. The number of nitro groups is 1. The second-order valence-corrected chi connectivity index (χ2v) is 11.1. The smallest absolute Gasteiger partial charge is 0.346 e. The van der Waals surface area contributed by atoms with Crippen LogP contribution in [0.25, 0.3) is 10.8 Å². The highest BCUT2D eigenvalue weighted by atomic mass is 35.7. The van der Waals surface area contributed by atoms with Crippen LogP contribution in [0, 0.1) is 33.4 Å². The number of hydrogen-bond donors (Lipinski definition) is 0. The van der Waals surface area contributed by atoms with E-state index in [2.05, 4.69) is 0 Å².